The van der Waals surface area contributed by atoms with Crippen LogP contribution in [0.2, 0.25) is 0 Å². The first kappa shape index (κ1) is 13.4. The number of rotatable bonds is 3. The van der Waals surface area contributed by atoms with Crippen LogP contribution in [0.4, 0.5) is 0 Å². The third kappa shape index (κ3) is 1.84. The first-order valence-electron chi connectivity index (χ1n) is 7.78. The maximum absolute atomic E-state index is 12.6. The van der Waals surface area contributed by atoms with E-state index in [1.165, 1.54) is 19.3 Å². The van der Waals surface area contributed by atoms with Gasteiger partial charge in [-0.15, -0.1) is 0 Å². The lowest BCUT2D eigenvalue weighted by atomic mass is 9.68. The molecule has 0 aromatic heterocycles. The molecule has 3 fully saturated rings. The molecule has 108 valence electrons. The lowest BCUT2D eigenvalue weighted by Gasteiger charge is -2.44. The molecule has 0 radical (unpaired) electrons. The van der Waals surface area contributed by atoms with E-state index in [1.807, 2.05) is 6.92 Å². The molecule has 4 atom stereocenters. The predicted molar refractivity (Wildman–Crippen MR) is 76.5 cm³/mol. The first-order valence-corrected chi connectivity index (χ1v) is 7.78. The fraction of sp³-hybridized carbons (Fsp3) is 0.938. The number of carbonyl (C=O) groups excluding carboxylic acids is 1. The zero-order valence-electron chi connectivity index (χ0n) is 12.8. The second-order valence-electron chi connectivity index (χ2n) is 8.38. The lowest BCUT2D eigenvalue weighted by Crippen LogP contribution is -2.60. The maximum atomic E-state index is 12.6. The molecular formula is C16H28N2O. The van der Waals surface area contributed by atoms with Crippen molar-refractivity contribution in [3.8, 4) is 0 Å². The van der Waals surface area contributed by atoms with Gasteiger partial charge in [-0.3, -0.25) is 4.79 Å². The van der Waals surface area contributed by atoms with E-state index < -0.39 is 5.54 Å². The number of hydrogen-bond donors (Lipinski definition) is 2. The summed E-state index contributed by atoms with van der Waals surface area (Å²) >= 11 is 0. The van der Waals surface area contributed by atoms with Crippen molar-refractivity contribution in [2.45, 2.75) is 71.4 Å². The Labute approximate surface area is 116 Å². The van der Waals surface area contributed by atoms with Crippen LogP contribution in [-0.2, 0) is 4.79 Å². The van der Waals surface area contributed by atoms with Gasteiger partial charge in [0.15, 0.2) is 0 Å². The van der Waals surface area contributed by atoms with Crippen LogP contribution in [0.3, 0.4) is 0 Å². The van der Waals surface area contributed by atoms with Gasteiger partial charge in [-0.05, 0) is 61.7 Å². The van der Waals surface area contributed by atoms with Crippen molar-refractivity contribution in [1.29, 1.82) is 0 Å². The molecule has 3 aliphatic rings. The Bertz CT molecular complexity index is 406. The van der Waals surface area contributed by atoms with Gasteiger partial charge in [0.2, 0.25) is 5.91 Å². The Kier molecular flexibility index (Phi) is 2.65. The molecule has 4 unspecified atom stereocenters. The Balaban J connectivity index is 1.77. The second kappa shape index (κ2) is 3.75. The highest BCUT2D eigenvalue weighted by atomic mass is 16.2. The topological polar surface area (TPSA) is 55.1 Å². The number of nitrogens with two attached hydrogens (primary N) is 1. The quantitative estimate of drug-likeness (QED) is 0.822. The van der Waals surface area contributed by atoms with Crippen LogP contribution in [0.1, 0.15) is 59.8 Å². The van der Waals surface area contributed by atoms with Crippen LogP contribution < -0.4 is 11.1 Å². The molecule has 3 rings (SSSR count). The third-order valence-corrected chi connectivity index (χ3v) is 6.46. The van der Waals surface area contributed by atoms with Crippen molar-refractivity contribution in [3.05, 3.63) is 0 Å². The summed E-state index contributed by atoms with van der Waals surface area (Å²) in [5, 5.41) is 3.34. The molecular weight excluding hydrogens is 236 g/mol. The number of nitrogens with one attached hydrogen (secondary N) is 1. The highest BCUT2D eigenvalue weighted by Gasteiger charge is 2.60. The van der Waals surface area contributed by atoms with Crippen LogP contribution in [0, 0.1) is 22.7 Å². The number of fused-ring (bicyclic) bond motifs is 2. The SMILES string of the molecule is CC12CCC(C1)C(C)(C)C2NC(=O)C(C)(N)C1CC1. The molecule has 3 aliphatic carbocycles. The van der Waals surface area contributed by atoms with E-state index in [1.54, 1.807) is 0 Å². The van der Waals surface area contributed by atoms with Gasteiger partial charge >= 0.3 is 0 Å². The summed E-state index contributed by atoms with van der Waals surface area (Å²) in [6.07, 6.45) is 6.04. The van der Waals surface area contributed by atoms with Crippen molar-refractivity contribution in [2.75, 3.05) is 0 Å². The molecule has 2 bridgehead atoms. The summed E-state index contributed by atoms with van der Waals surface area (Å²) < 4.78 is 0. The molecule has 0 heterocycles. The molecule has 0 aliphatic heterocycles. The van der Waals surface area contributed by atoms with E-state index >= 15 is 0 Å². The Morgan fingerprint density at radius 3 is 2.37 bits per heavy atom. The van der Waals surface area contributed by atoms with Gasteiger partial charge in [0.25, 0.3) is 0 Å². The minimum atomic E-state index is -0.672. The summed E-state index contributed by atoms with van der Waals surface area (Å²) in [5.74, 6) is 1.22. The van der Waals surface area contributed by atoms with Crippen LogP contribution in [0.25, 0.3) is 0 Å². The van der Waals surface area contributed by atoms with Crippen molar-refractivity contribution in [2.24, 2.45) is 28.4 Å². The van der Waals surface area contributed by atoms with E-state index in [4.69, 9.17) is 5.73 Å². The van der Waals surface area contributed by atoms with Crippen molar-refractivity contribution in [3.63, 3.8) is 0 Å². The van der Waals surface area contributed by atoms with Crippen molar-refractivity contribution >= 4 is 5.91 Å². The largest absolute Gasteiger partial charge is 0.351 e. The highest BCUT2D eigenvalue weighted by molar-refractivity contribution is 5.86. The number of carbonyl (C=O) groups is 1. The third-order valence-electron chi connectivity index (χ3n) is 6.46. The van der Waals surface area contributed by atoms with Gasteiger partial charge in [0.05, 0.1) is 5.54 Å². The normalized spacial score (nSPS) is 43.0. The van der Waals surface area contributed by atoms with Gasteiger partial charge < -0.3 is 11.1 Å². The fourth-order valence-corrected chi connectivity index (χ4v) is 4.82. The molecule has 3 heteroatoms. The minimum Gasteiger partial charge on any atom is -0.351 e. The minimum absolute atomic E-state index is 0.0712. The van der Waals surface area contributed by atoms with Crippen molar-refractivity contribution in [1.82, 2.24) is 5.32 Å². The summed E-state index contributed by atoms with van der Waals surface area (Å²) in [7, 11) is 0. The highest BCUT2D eigenvalue weighted by Crippen LogP contribution is 2.62. The first-order chi connectivity index (χ1) is 8.68. The Hall–Kier alpha value is -0.570. The molecule has 0 aromatic rings. The zero-order chi connectivity index (χ0) is 14.1. The van der Waals surface area contributed by atoms with E-state index in [0.717, 1.165) is 18.8 Å². The van der Waals surface area contributed by atoms with Crippen LogP contribution in [0.5, 0.6) is 0 Å². The standard InChI is InChI=1S/C16H28N2O/c1-14(2)11-7-8-15(3,9-11)12(14)18-13(19)16(4,17)10-5-6-10/h10-12H,5-9,17H2,1-4H3,(H,18,19). The summed E-state index contributed by atoms with van der Waals surface area (Å²) in [4.78, 5) is 12.6. The van der Waals surface area contributed by atoms with Crippen LogP contribution in [0.15, 0.2) is 0 Å². The molecule has 1 amide bonds. The van der Waals surface area contributed by atoms with E-state index in [-0.39, 0.29) is 22.8 Å². The van der Waals surface area contributed by atoms with Crippen LogP contribution >= 0.6 is 0 Å². The number of amides is 1. The summed E-state index contributed by atoms with van der Waals surface area (Å²) in [6.45, 7) is 8.89. The number of hydrogen-bond acceptors (Lipinski definition) is 2. The molecule has 0 saturated heterocycles. The van der Waals surface area contributed by atoms with Gasteiger partial charge in [-0.2, -0.15) is 0 Å². The molecule has 3 nitrogen and oxygen atoms in total. The molecule has 19 heavy (non-hydrogen) atoms. The monoisotopic (exact) mass is 264 g/mol. The van der Waals surface area contributed by atoms with Crippen LogP contribution in [-0.4, -0.2) is 17.5 Å². The Morgan fingerprint density at radius 1 is 1.26 bits per heavy atom. The smallest absolute Gasteiger partial charge is 0.240 e. The fourth-order valence-electron chi connectivity index (χ4n) is 4.82. The Morgan fingerprint density at radius 2 is 1.89 bits per heavy atom. The van der Waals surface area contributed by atoms with E-state index in [2.05, 4.69) is 26.1 Å². The van der Waals surface area contributed by atoms with E-state index in [0.29, 0.717) is 5.92 Å². The zero-order valence-corrected chi connectivity index (χ0v) is 12.8. The van der Waals surface area contributed by atoms with Gasteiger partial charge in [-0.25, -0.2) is 0 Å². The molecule has 3 N–H and O–H groups in total. The average Bonchev–Trinajstić information content (AvgIpc) is 3.05. The molecule has 0 spiro atoms. The predicted octanol–water partition coefficient (Wildman–Crippen LogP) is 2.44. The average molecular weight is 264 g/mol. The second-order valence-corrected chi connectivity index (χ2v) is 8.38. The van der Waals surface area contributed by atoms with E-state index in [9.17, 15) is 4.79 Å². The van der Waals surface area contributed by atoms with Gasteiger partial charge in [0.1, 0.15) is 0 Å². The molecule has 0 aromatic carbocycles. The van der Waals surface area contributed by atoms with Gasteiger partial charge in [-0.1, -0.05) is 20.8 Å². The lowest BCUT2D eigenvalue weighted by molar-refractivity contribution is -0.129. The maximum Gasteiger partial charge on any atom is 0.240 e. The summed E-state index contributed by atoms with van der Waals surface area (Å²) in [6, 6.07) is 0.285. The molecule has 3 saturated carbocycles. The van der Waals surface area contributed by atoms with Crippen molar-refractivity contribution < 1.29 is 4.79 Å². The summed E-state index contributed by atoms with van der Waals surface area (Å²) in [5.41, 5.74) is 6.08. The van der Waals surface area contributed by atoms with Gasteiger partial charge in [0, 0.05) is 6.04 Å².